The number of carbonyl (C=O) groups is 3. The lowest BCUT2D eigenvalue weighted by atomic mass is 10.0. The standard InChI is InChI=1S/C34H51N3O9S/c1-9-15-41-23-32(6,24-42-16-10-2)36-30(39)21-45-27-34(8,35-29(38)14-20-47-19-13-5)28-46-22-31(40)37-33(7,25-43-17-11-3)26-44-18-12-4/h1-4H,13-28H2,5-8H3,(H,35,38)(H,36,39)(H,37,40). The minimum atomic E-state index is -1.07. The lowest BCUT2D eigenvalue weighted by Gasteiger charge is -2.32. The van der Waals surface area contributed by atoms with Gasteiger partial charge in [0.15, 0.2) is 0 Å². The zero-order valence-corrected chi connectivity index (χ0v) is 29.0. The van der Waals surface area contributed by atoms with Crippen molar-refractivity contribution < 1.29 is 42.8 Å². The molecule has 0 spiro atoms. The van der Waals surface area contributed by atoms with Gasteiger partial charge in [-0.2, -0.15) is 11.8 Å². The maximum absolute atomic E-state index is 12.8. The molecule has 0 aliphatic heterocycles. The quantitative estimate of drug-likeness (QED) is 0.0804. The zero-order valence-electron chi connectivity index (χ0n) is 28.2. The smallest absolute Gasteiger partial charge is 0.246 e. The maximum Gasteiger partial charge on any atom is 0.246 e. The second-order valence-corrected chi connectivity index (χ2v) is 12.7. The average molecular weight is 678 g/mol. The van der Waals surface area contributed by atoms with Gasteiger partial charge >= 0.3 is 0 Å². The molecule has 0 radical (unpaired) electrons. The first-order valence-electron chi connectivity index (χ1n) is 15.1. The second-order valence-electron chi connectivity index (χ2n) is 11.5. The lowest BCUT2D eigenvalue weighted by Crippen LogP contribution is -2.56. The molecule has 13 heteroatoms. The Balaban J connectivity index is 5.36. The van der Waals surface area contributed by atoms with Gasteiger partial charge in [0.05, 0.1) is 56.3 Å². The summed E-state index contributed by atoms with van der Waals surface area (Å²) in [7, 11) is 0. The molecule has 0 aromatic heterocycles. The van der Waals surface area contributed by atoms with Crippen LogP contribution in [0.1, 0.15) is 40.5 Å². The molecular weight excluding hydrogens is 626 g/mol. The third-order valence-corrected chi connectivity index (χ3v) is 7.07. The summed E-state index contributed by atoms with van der Waals surface area (Å²) in [6.45, 7) is 6.92. The predicted octanol–water partition coefficient (Wildman–Crippen LogP) is 0.777. The van der Waals surface area contributed by atoms with E-state index in [0.29, 0.717) is 5.75 Å². The summed E-state index contributed by atoms with van der Waals surface area (Å²) in [5.41, 5.74) is -2.92. The number of rotatable bonds is 28. The normalized spacial score (nSPS) is 11.4. The fourth-order valence-electron chi connectivity index (χ4n) is 3.98. The molecule has 0 bridgehead atoms. The van der Waals surface area contributed by atoms with Crippen molar-refractivity contribution in [3.8, 4) is 49.4 Å². The molecule has 0 aliphatic rings. The molecule has 0 rings (SSSR count). The van der Waals surface area contributed by atoms with E-state index in [1.807, 2.05) is 0 Å². The number of thioether (sulfide) groups is 1. The molecule has 0 atom stereocenters. The summed E-state index contributed by atoms with van der Waals surface area (Å²) in [5, 5.41) is 8.58. The Kier molecular flexibility index (Phi) is 24.0. The first-order chi connectivity index (χ1) is 22.4. The van der Waals surface area contributed by atoms with Crippen molar-refractivity contribution in [3.63, 3.8) is 0 Å². The van der Waals surface area contributed by atoms with Crippen molar-refractivity contribution in [2.45, 2.75) is 57.2 Å². The average Bonchev–Trinajstić information content (AvgIpc) is 2.99. The molecule has 3 N–H and O–H groups in total. The molecule has 0 heterocycles. The second kappa shape index (κ2) is 25.8. The van der Waals surface area contributed by atoms with Gasteiger partial charge in [-0.25, -0.2) is 0 Å². The Bertz CT molecular complexity index is 994. The Morgan fingerprint density at radius 3 is 1.19 bits per heavy atom. The Morgan fingerprint density at radius 1 is 0.553 bits per heavy atom. The van der Waals surface area contributed by atoms with Crippen LogP contribution in [0.25, 0.3) is 0 Å². The number of amides is 3. The molecule has 0 aliphatic carbocycles. The molecule has 12 nitrogen and oxygen atoms in total. The van der Waals surface area contributed by atoms with E-state index in [2.05, 4.69) is 46.6 Å². The van der Waals surface area contributed by atoms with Gasteiger partial charge < -0.3 is 44.4 Å². The number of hydrogen-bond acceptors (Lipinski definition) is 10. The van der Waals surface area contributed by atoms with Gasteiger partial charge in [-0.05, 0) is 32.9 Å². The zero-order chi connectivity index (χ0) is 35.4. The topological polar surface area (TPSA) is 143 Å². The number of ether oxygens (including phenoxy) is 6. The third kappa shape index (κ3) is 22.8. The van der Waals surface area contributed by atoms with Gasteiger partial charge in [0.1, 0.15) is 39.6 Å². The molecule has 0 unspecified atom stereocenters. The molecule has 3 amide bonds. The lowest BCUT2D eigenvalue weighted by molar-refractivity contribution is -0.132. The number of nitrogens with one attached hydrogen (secondary N) is 3. The Labute approximate surface area is 285 Å². The van der Waals surface area contributed by atoms with Crippen LogP contribution in [0, 0.1) is 49.4 Å². The van der Waals surface area contributed by atoms with Crippen LogP contribution >= 0.6 is 11.8 Å². The fraction of sp³-hybridized carbons (Fsp3) is 0.676. The van der Waals surface area contributed by atoms with Crippen molar-refractivity contribution in [3.05, 3.63) is 0 Å². The van der Waals surface area contributed by atoms with E-state index in [1.54, 1.807) is 32.5 Å². The molecular formula is C34H51N3O9S. The molecule has 0 aromatic rings. The molecule has 262 valence electrons. The number of hydrogen-bond donors (Lipinski definition) is 3. The van der Waals surface area contributed by atoms with Crippen molar-refractivity contribution in [2.24, 2.45) is 0 Å². The van der Waals surface area contributed by atoms with Crippen LogP contribution in [0.3, 0.4) is 0 Å². The van der Waals surface area contributed by atoms with Gasteiger partial charge in [-0.1, -0.05) is 30.6 Å². The van der Waals surface area contributed by atoms with Crippen LogP contribution in [0.5, 0.6) is 0 Å². The van der Waals surface area contributed by atoms with Crippen LogP contribution < -0.4 is 16.0 Å². The maximum atomic E-state index is 12.8. The highest BCUT2D eigenvalue weighted by Gasteiger charge is 2.31. The van der Waals surface area contributed by atoms with Gasteiger partial charge in [-0.3, -0.25) is 14.4 Å². The van der Waals surface area contributed by atoms with E-state index >= 15 is 0 Å². The van der Waals surface area contributed by atoms with Crippen LogP contribution in [-0.4, -0.2) is 125 Å². The van der Waals surface area contributed by atoms with Gasteiger partial charge in [0, 0.05) is 12.2 Å². The van der Waals surface area contributed by atoms with Crippen LogP contribution in [0.4, 0.5) is 0 Å². The Hall–Kier alpha value is -3.24. The summed E-state index contributed by atoms with van der Waals surface area (Å²) < 4.78 is 33.1. The van der Waals surface area contributed by atoms with Gasteiger partial charge in [0.2, 0.25) is 17.7 Å². The van der Waals surface area contributed by atoms with E-state index in [0.717, 1.165) is 12.2 Å². The predicted molar refractivity (Wildman–Crippen MR) is 182 cm³/mol. The van der Waals surface area contributed by atoms with E-state index in [-0.39, 0.29) is 91.6 Å². The fourth-order valence-corrected chi connectivity index (χ4v) is 4.80. The van der Waals surface area contributed by atoms with E-state index in [4.69, 9.17) is 54.1 Å². The van der Waals surface area contributed by atoms with Crippen LogP contribution in [0.15, 0.2) is 0 Å². The molecule has 0 saturated heterocycles. The van der Waals surface area contributed by atoms with Crippen LogP contribution in [-0.2, 0) is 42.8 Å². The number of carbonyl (C=O) groups excluding carboxylic acids is 3. The molecule has 47 heavy (non-hydrogen) atoms. The summed E-state index contributed by atoms with van der Waals surface area (Å²) in [5.74, 6) is 9.95. The SMILES string of the molecule is C#CCOCC(C)(COCC#C)NC(=O)COCC(C)(COCC(=O)NC(C)(COCC#C)COCC#C)NC(=O)CCSCCC. The monoisotopic (exact) mass is 677 g/mol. The van der Waals surface area contributed by atoms with E-state index < -0.39 is 28.4 Å². The summed E-state index contributed by atoms with van der Waals surface area (Å²) in [4.78, 5) is 38.4. The summed E-state index contributed by atoms with van der Waals surface area (Å²) in [6, 6.07) is 0. The van der Waals surface area contributed by atoms with Gasteiger partial charge in [-0.15, -0.1) is 25.7 Å². The van der Waals surface area contributed by atoms with E-state index in [9.17, 15) is 14.4 Å². The number of terminal acetylenes is 4. The van der Waals surface area contributed by atoms with Crippen molar-refractivity contribution in [1.82, 2.24) is 16.0 Å². The minimum absolute atomic E-state index is 0.0580. The van der Waals surface area contributed by atoms with Crippen molar-refractivity contribution >= 4 is 29.5 Å². The van der Waals surface area contributed by atoms with Crippen LogP contribution in [0.2, 0.25) is 0 Å². The largest absolute Gasteiger partial charge is 0.369 e. The van der Waals surface area contributed by atoms with E-state index in [1.165, 1.54) is 0 Å². The first-order valence-corrected chi connectivity index (χ1v) is 16.3. The molecule has 0 fully saturated rings. The summed E-state index contributed by atoms with van der Waals surface area (Å²) in [6.07, 6.45) is 22.3. The third-order valence-electron chi connectivity index (χ3n) is 5.88. The first kappa shape index (κ1) is 43.8. The highest BCUT2D eigenvalue weighted by atomic mass is 32.2. The van der Waals surface area contributed by atoms with Crippen molar-refractivity contribution in [2.75, 3.05) is 90.8 Å². The highest BCUT2D eigenvalue weighted by molar-refractivity contribution is 7.99. The Morgan fingerprint density at radius 2 is 0.872 bits per heavy atom. The highest BCUT2D eigenvalue weighted by Crippen LogP contribution is 2.11. The summed E-state index contributed by atoms with van der Waals surface area (Å²) >= 11 is 1.68. The van der Waals surface area contributed by atoms with Gasteiger partial charge in [0.25, 0.3) is 0 Å². The molecule has 0 aromatic carbocycles. The van der Waals surface area contributed by atoms with Crippen molar-refractivity contribution in [1.29, 1.82) is 0 Å². The molecule has 0 saturated carbocycles. The minimum Gasteiger partial charge on any atom is -0.369 e.